The van der Waals surface area contributed by atoms with Gasteiger partial charge in [0, 0.05) is 0 Å². The maximum atomic E-state index is 12.9. The van der Waals surface area contributed by atoms with E-state index in [0.29, 0.717) is 41.0 Å². The number of carbonyl (C=O) groups excluding carboxylic acids is 1. The van der Waals surface area contributed by atoms with Crippen LogP contribution in [0.25, 0.3) is 10.4 Å². The summed E-state index contributed by atoms with van der Waals surface area (Å²) in [4.78, 5) is 17.1. The lowest BCUT2D eigenvalue weighted by atomic mass is 9.81. The average molecular weight is 588 g/mol. The van der Waals surface area contributed by atoms with E-state index in [4.69, 9.17) is 5.11 Å². The summed E-state index contributed by atoms with van der Waals surface area (Å²) >= 11 is 0.907. The molecule has 1 aliphatic carbocycles. The molecule has 7 nitrogen and oxygen atoms in total. The lowest BCUT2D eigenvalue weighted by Gasteiger charge is -2.25. The molecule has 0 spiro atoms. The lowest BCUT2D eigenvalue weighted by Crippen LogP contribution is -2.43. The maximum Gasteiger partial charge on any atom is 0.416 e. The quantitative estimate of drug-likeness (QED) is 0.370. The van der Waals surface area contributed by atoms with E-state index >= 15 is 0 Å². The molecule has 1 aromatic carbocycles. The fourth-order valence-electron chi connectivity index (χ4n) is 3.84. The molecular weight excluding hydrogens is 560 g/mol. The number of hydrogen-bond donors (Lipinski definition) is 3. The second kappa shape index (κ2) is 11.1. The molecule has 0 aliphatic heterocycles. The average Bonchev–Trinajstić information content (AvgIpc) is 3.18. The van der Waals surface area contributed by atoms with E-state index in [-0.39, 0.29) is 15.5 Å². The number of halogens is 6. The first-order valence-corrected chi connectivity index (χ1v) is 13.9. The monoisotopic (exact) mass is 587 g/mol. The van der Waals surface area contributed by atoms with Crippen LogP contribution in [0, 0.1) is 19.8 Å². The molecule has 2 aromatic rings. The summed E-state index contributed by atoms with van der Waals surface area (Å²) in [6.07, 6.45) is -9.02. The third-order valence-corrected chi connectivity index (χ3v) is 9.34. The Hall–Kier alpha value is -2.23. The third kappa shape index (κ3) is 6.85. The molecule has 1 heterocycles. The Morgan fingerprint density at radius 3 is 2.29 bits per heavy atom. The number of alkyl halides is 6. The molecule has 0 unspecified atom stereocenters. The highest BCUT2D eigenvalue weighted by Gasteiger charge is 2.40. The Morgan fingerprint density at radius 1 is 1.13 bits per heavy atom. The highest BCUT2D eigenvalue weighted by atomic mass is 32.2. The number of hydrogen-bond acceptors (Lipinski definition) is 6. The first-order chi connectivity index (χ1) is 17.4. The summed E-state index contributed by atoms with van der Waals surface area (Å²) < 4.78 is 104. The molecule has 38 heavy (non-hydrogen) atoms. The Labute approximate surface area is 219 Å². The van der Waals surface area contributed by atoms with Crippen molar-refractivity contribution < 1.29 is 44.7 Å². The van der Waals surface area contributed by atoms with Crippen molar-refractivity contribution in [3.8, 4) is 10.4 Å². The maximum absolute atomic E-state index is 12.9. The van der Waals surface area contributed by atoms with Crippen LogP contribution in [-0.4, -0.2) is 55.5 Å². The van der Waals surface area contributed by atoms with Crippen molar-refractivity contribution in [3.63, 3.8) is 0 Å². The van der Waals surface area contributed by atoms with Crippen molar-refractivity contribution in [1.29, 1.82) is 0 Å². The van der Waals surface area contributed by atoms with Crippen LogP contribution >= 0.6 is 11.3 Å². The smallest absolute Gasteiger partial charge is 0.382 e. The van der Waals surface area contributed by atoms with Gasteiger partial charge in [0.15, 0.2) is 11.1 Å². The number of sulfonamides is 1. The van der Waals surface area contributed by atoms with Crippen LogP contribution in [0.2, 0.25) is 0 Å². The zero-order valence-corrected chi connectivity index (χ0v) is 22.3. The number of rotatable bonds is 9. The molecule has 0 radical (unpaired) electrons. The number of carbonyl (C=O) groups is 1. The number of aliphatic hydroxyl groups is 1. The summed E-state index contributed by atoms with van der Waals surface area (Å²) in [5, 5.41) is 11.1. The molecule has 1 aliphatic rings. The number of benzene rings is 1. The first-order valence-electron chi connectivity index (χ1n) is 11.6. The van der Waals surface area contributed by atoms with Gasteiger partial charge in [0.25, 0.3) is 5.91 Å². The normalized spacial score (nSPS) is 16.7. The number of aliphatic hydroxyl groups excluding tert-OH is 1. The molecule has 3 N–H and O–H groups in total. The largest absolute Gasteiger partial charge is 0.416 e. The van der Waals surface area contributed by atoms with Crippen molar-refractivity contribution in [2.45, 2.75) is 75.8 Å². The predicted octanol–water partition coefficient (Wildman–Crippen LogP) is 4.65. The zero-order chi connectivity index (χ0) is 28.6. The van der Waals surface area contributed by atoms with Gasteiger partial charge < -0.3 is 10.4 Å². The van der Waals surface area contributed by atoms with Gasteiger partial charge in [-0.05, 0) is 55.9 Å². The standard InChI is InChI=1S/C23H27F6N3O4S2/c1-11-12(2)17(38(35,36)32-13(3)22(24,25)26)8-7-15(11)19-16(9-14-5-4-6-14)31-21(37-19)20(34)30-10-18(33)23(27,28)29/h7-8,13-14,18,32-33H,4-6,9-10H2,1-3H3,(H,30,34)/t13-,18+/m0/s1. The van der Waals surface area contributed by atoms with Crippen molar-refractivity contribution in [1.82, 2.24) is 15.0 Å². The Balaban J connectivity index is 1.96. The van der Waals surface area contributed by atoms with Gasteiger partial charge in [-0.2, -0.15) is 31.1 Å². The molecule has 1 saturated carbocycles. The minimum absolute atomic E-state index is 0.127. The Kier molecular flexibility index (Phi) is 8.85. The van der Waals surface area contributed by atoms with E-state index in [2.05, 4.69) is 4.98 Å². The summed E-state index contributed by atoms with van der Waals surface area (Å²) in [7, 11) is -4.52. The van der Waals surface area contributed by atoms with Gasteiger partial charge in [-0.3, -0.25) is 4.79 Å². The molecule has 0 saturated heterocycles. The van der Waals surface area contributed by atoms with E-state index in [1.165, 1.54) is 19.1 Å². The molecule has 2 atom stereocenters. The molecule has 1 fully saturated rings. The predicted molar refractivity (Wildman–Crippen MR) is 128 cm³/mol. The van der Waals surface area contributed by atoms with Crippen molar-refractivity contribution >= 4 is 27.3 Å². The van der Waals surface area contributed by atoms with Crippen LogP contribution in [0.1, 0.15) is 52.8 Å². The van der Waals surface area contributed by atoms with Gasteiger partial charge in [-0.25, -0.2) is 13.4 Å². The fourth-order valence-corrected chi connectivity index (χ4v) is 6.47. The highest BCUT2D eigenvalue weighted by molar-refractivity contribution is 7.89. The molecule has 212 valence electrons. The van der Waals surface area contributed by atoms with Gasteiger partial charge in [0.2, 0.25) is 10.0 Å². The van der Waals surface area contributed by atoms with Gasteiger partial charge in [0.1, 0.15) is 6.04 Å². The van der Waals surface area contributed by atoms with Crippen LogP contribution in [0.5, 0.6) is 0 Å². The SMILES string of the molecule is Cc1c(-c2sc(C(=O)NC[C@@H](O)C(F)(F)F)nc2CC2CCC2)ccc(S(=O)(=O)N[C@@H](C)C(F)(F)F)c1C. The van der Waals surface area contributed by atoms with Gasteiger partial charge in [-0.15, -0.1) is 11.3 Å². The minimum atomic E-state index is -4.90. The molecular formula is C23H27F6N3O4S2. The molecule has 3 rings (SSSR count). The third-order valence-electron chi connectivity index (χ3n) is 6.53. The number of amides is 1. The highest BCUT2D eigenvalue weighted by Crippen LogP contribution is 2.39. The van der Waals surface area contributed by atoms with E-state index in [0.717, 1.165) is 30.6 Å². The van der Waals surface area contributed by atoms with E-state index in [1.54, 1.807) is 11.6 Å². The number of aromatic nitrogens is 1. The molecule has 15 heteroatoms. The van der Waals surface area contributed by atoms with Gasteiger partial charge in [-0.1, -0.05) is 25.3 Å². The van der Waals surface area contributed by atoms with Crippen LogP contribution in [0.3, 0.4) is 0 Å². The lowest BCUT2D eigenvalue weighted by molar-refractivity contribution is -0.201. The second-order valence-electron chi connectivity index (χ2n) is 9.31. The van der Waals surface area contributed by atoms with Crippen molar-refractivity contribution in [3.05, 3.63) is 34.0 Å². The van der Waals surface area contributed by atoms with Gasteiger partial charge in [0.05, 0.1) is 22.0 Å². The second-order valence-corrected chi connectivity index (χ2v) is 12.0. The van der Waals surface area contributed by atoms with Crippen LogP contribution in [-0.2, 0) is 16.4 Å². The topological polar surface area (TPSA) is 108 Å². The Morgan fingerprint density at radius 2 is 1.76 bits per heavy atom. The Bertz CT molecular complexity index is 1290. The summed E-state index contributed by atoms with van der Waals surface area (Å²) in [5.74, 6) is -0.605. The van der Waals surface area contributed by atoms with E-state index < -0.39 is 47.0 Å². The van der Waals surface area contributed by atoms with Crippen LogP contribution < -0.4 is 10.0 Å². The zero-order valence-electron chi connectivity index (χ0n) is 20.6. The molecule has 1 amide bonds. The molecule has 1 aromatic heterocycles. The fraction of sp³-hybridized carbons (Fsp3) is 0.565. The van der Waals surface area contributed by atoms with E-state index in [9.17, 15) is 39.6 Å². The summed E-state index contributed by atoms with van der Waals surface area (Å²) in [6.45, 7) is 2.68. The summed E-state index contributed by atoms with van der Waals surface area (Å²) in [5.41, 5.74) is 1.66. The van der Waals surface area contributed by atoms with Gasteiger partial charge >= 0.3 is 12.4 Å². The summed E-state index contributed by atoms with van der Waals surface area (Å²) in [6, 6.07) is 0.289. The van der Waals surface area contributed by atoms with E-state index in [1.807, 2.05) is 5.32 Å². The molecule has 0 bridgehead atoms. The van der Waals surface area contributed by atoms with Crippen LogP contribution in [0.4, 0.5) is 26.3 Å². The van der Waals surface area contributed by atoms with Crippen molar-refractivity contribution in [2.24, 2.45) is 5.92 Å². The van der Waals surface area contributed by atoms with Crippen LogP contribution in [0.15, 0.2) is 17.0 Å². The number of thiazole rings is 1. The first kappa shape index (κ1) is 30.3. The number of nitrogens with one attached hydrogen (secondary N) is 2. The number of nitrogens with zero attached hydrogens (tertiary/aromatic N) is 1. The minimum Gasteiger partial charge on any atom is -0.382 e. The van der Waals surface area contributed by atoms with Crippen molar-refractivity contribution in [2.75, 3.05) is 6.54 Å².